The Bertz CT molecular complexity index is 2640. The maximum atomic E-state index is 14.4. The fourth-order valence-electron chi connectivity index (χ4n) is 8.64. The Balaban J connectivity index is 1.30. The molecule has 0 atom stereocenters. The number of hydrogen-bond acceptors (Lipinski definition) is 4. The SMILES string of the molecule is CN(C)c1ccc(CSc2cc(-c3ccc4ccccc4c3C(=O)C=Cc3ccc(C(=O)O)cc3)cc3ccc4c(c23)C(C)(C)CC2=C4C=CC(C)(C)C2)cc1. The van der Waals surface area contributed by atoms with Gasteiger partial charge in [-0.2, -0.15) is 0 Å². The fraction of sp³-hybridized carbons (Fsp3) is 0.216. The minimum absolute atomic E-state index is 0.0728. The molecule has 0 spiro atoms. The maximum absolute atomic E-state index is 14.4. The molecule has 0 amide bonds. The van der Waals surface area contributed by atoms with Gasteiger partial charge in [0.25, 0.3) is 0 Å². The van der Waals surface area contributed by atoms with Crippen LogP contribution in [0.1, 0.15) is 83.5 Å². The van der Waals surface area contributed by atoms with Crippen molar-refractivity contribution in [3.8, 4) is 11.1 Å². The van der Waals surface area contributed by atoms with Crippen LogP contribution in [0.5, 0.6) is 0 Å². The molecule has 1 N–H and O–H groups in total. The first-order chi connectivity index (χ1) is 26.8. The fourth-order valence-corrected chi connectivity index (χ4v) is 9.72. The second kappa shape index (κ2) is 14.5. The minimum Gasteiger partial charge on any atom is -0.478 e. The van der Waals surface area contributed by atoms with Crippen molar-refractivity contribution in [2.75, 3.05) is 19.0 Å². The van der Waals surface area contributed by atoms with E-state index in [9.17, 15) is 14.7 Å². The van der Waals surface area contributed by atoms with Crippen LogP contribution in [0.25, 0.3) is 44.3 Å². The first kappa shape index (κ1) is 37.3. The number of carboxylic acid groups (broad SMARTS) is 1. The van der Waals surface area contributed by atoms with Crippen molar-refractivity contribution in [1.29, 1.82) is 0 Å². The molecule has 0 saturated carbocycles. The number of ketones is 1. The second-order valence-electron chi connectivity index (χ2n) is 16.8. The molecule has 8 rings (SSSR count). The zero-order valence-corrected chi connectivity index (χ0v) is 33.8. The molecule has 0 bridgehead atoms. The van der Waals surface area contributed by atoms with Gasteiger partial charge in [-0.3, -0.25) is 4.79 Å². The zero-order valence-electron chi connectivity index (χ0n) is 32.9. The molecule has 0 fully saturated rings. The molecule has 0 heterocycles. The van der Waals surface area contributed by atoms with E-state index in [0.717, 1.165) is 46.1 Å². The summed E-state index contributed by atoms with van der Waals surface area (Å²) in [6, 6.07) is 36.9. The highest BCUT2D eigenvalue weighted by Gasteiger charge is 2.37. The van der Waals surface area contributed by atoms with Gasteiger partial charge in [-0.25, -0.2) is 4.79 Å². The van der Waals surface area contributed by atoms with Crippen LogP contribution in [-0.2, 0) is 11.2 Å². The van der Waals surface area contributed by atoms with E-state index in [1.54, 1.807) is 42.0 Å². The molecule has 2 aliphatic carbocycles. The van der Waals surface area contributed by atoms with Gasteiger partial charge in [0.2, 0.25) is 0 Å². The third-order valence-corrected chi connectivity index (χ3v) is 12.5. The standard InChI is InChI=1S/C51H47NO3S/c1-50(2)26-25-40-38(29-50)30-51(3,4)48-43(40)23-19-36-27-37(28-45(46(36)48)56-31-33-13-20-39(21-14-33)52(5)6)42-22-18-34-9-7-8-10-41(34)47(42)44(53)24-15-32-11-16-35(17-12-32)49(54)55/h7-28H,29-31H2,1-6H3,(H,54,55). The van der Waals surface area contributed by atoms with E-state index in [4.69, 9.17) is 0 Å². The molecule has 280 valence electrons. The van der Waals surface area contributed by atoms with Crippen LogP contribution < -0.4 is 4.90 Å². The number of benzene rings is 6. The van der Waals surface area contributed by atoms with E-state index >= 15 is 0 Å². The molecule has 4 nitrogen and oxygen atoms in total. The van der Waals surface area contributed by atoms with Gasteiger partial charge in [0.1, 0.15) is 0 Å². The highest BCUT2D eigenvalue weighted by atomic mass is 32.2. The molecular formula is C51H47NO3S. The molecule has 0 radical (unpaired) electrons. The number of carbonyl (C=O) groups is 2. The molecule has 56 heavy (non-hydrogen) atoms. The number of hydrogen-bond donors (Lipinski definition) is 1. The second-order valence-corrected chi connectivity index (χ2v) is 17.8. The quantitative estimate of drug-likeness (QED) is 0.0905. The van der Waals surface area contributed by atoms with Crippen molar-refractivity contribution >= 4 is 62.4 Å². The van der Waals surface area contributed by atoms with Crippen molar-refractivity contribution in [3.05, 3.63) is 166 Å². The van der Waals surface area contributed by atoms with Crippen molar-refractivity contribution < 1.29 is 14.7 Å². The van der Waals surface area contributed by atoms with Crippen LogP contribution in [0.2, 0.25) is 0 Å². The van der Waals surface area contributed by atoms with E-state index in [-0.39, 0.29) is 22.2 Å². The summed E-state index contributed by atoms with van der Waals surface area (Å²) in [6.07, 6.45) is 10.2. The largest absolute Gasteiger partial charge is 0.478 e. The van der Waals surface area contributed by atoms with Crippen LogP contribution in [0.15, 0.2) is 138 Å². The topological polar surface area (TPSA) is 57.6 Å². The van der Waals surface area contributed by atoms with Crippen LogP contribution in [0.4, 0.5) is 5.69 Å². The highest BCUT2D eigenvalue weighted by molar-refractivity contribution is 7.98. The number of rotatable bonds is 9. The molecule has 0 aromatic heterocycles. The summed E-state index contributed by atoms with van der Waals surface area (Å²) in [5.74, 6) is -0.272. The zero-order chi connectivity index (χ0) is 39.4. The summed E-state index contributed by atoms with van der Waals surface area (Å²) in [5, 5.41) is 13.7. The molecule has 0 aliphatic heterocycles. The summed E-state index contributed by atoms with van der Waals surface area (Å²) in [6.45, 7) is 9.48. The van der Waals surface area contributed by atoms with Crippen molar-refractivity contribution in [2.45, 2.75) is 56.6 Å². The van der Waals surface area contributed by atoms with Gasteiger partial charge in [-0.15, -0.1) is 11.8 Å². The lowest BCUT2D eigenvalue weighted by Crippen LogP contribution is -2.28. The number of nitrogens with zero attached hydrogens (tertiary/aromatic N) is 1. The summed E-state index contributed by atoms with van der Waals surface area (Å²) < 4.78 is 0. The lowest BCUT2D eigenvalue weighted by Gasteiger charge is -2.40. The van der Waals surface area contributed by atoms with E-state index in [1.165, 1.54) is 43.6 Å². The van der Waals surface area contributed by atoms with Gasteiger partial charge in [0, 0.05) is 36.0 Å². The summed E-state index contributed by atoms with van der Waals surface area (Å²) in [4.78, 5) is 29.1. The van der Waals surface area contributed by atoms with Crippen molar-refractivity contribution in [2.24, 2.45) is 5.41 Å². The number of fused-ring (bicyclic) bond motifs is 5. The van der Waals surface area contributed by atoms with Gasteiger partial charge in [0.05, 0.1) is 5.56 Å². The number of anilines is 1. The number of aromatic carboxylic acids is 1. The number of allylic oxidation sites excluding steroid dienone is 5. The normalized spacial score (nSPS) is 15.6. The predicted molar refractivity (Wildman–Crippen MR) is 236 cm³/mol. The van der Waals surface area contributed by atoms with E-state index in [2.05, 4.69) is 120 Å². The first-order valence-corrected chi connectivity index (χ1v) is 20.3. The van der Waals surface area contributed by atoms with Crippen LogP contribution in [-0.4, -0.2) is 31.0 Å². The molecule has 0 unspecified atom stereocenters. The predicted octanol–water partition coefficient (Wildman–Crippen LogP) is 13.0. The lowest BCUT2D eigenvalue weighted by atomic mass is 9.64. The third-order valence-electron chi connectivity index (χ3n) is 11.4. The Morgan fingerprint density at radius 2 is 1.52 bits per heavy atom. The van der Waals surface area contributed by atoms with E-state index < -0.39 is 5.97 Å². The summed E-state index contributed by atoms with van der Waals surface area (Å²) in [5.41, 5.74) is 11.7. The third kappa shape index (κ3) is 7.12. The monoisotopic (exact) mass is 753 g/mol. The van der Waals surface area contributed by atoms with Crippen molar-refractivity contribution in [3.63, 3.8) is 0 Å². The minimum atomic E-state index is -0.979. The Labute approximate surface area is 334 Å². The number of thioether (sulfide) groups is 1. The van der Waals surface area contributed by atoms with Crippen LogP contribution >= 0.6 is 11.8 Å². The van der Waals surface area contributed by atoms with Gasteiger partial charge in [0.15, 0.2) is 5.78 Å². The Morgan fingerprint density at radius 3 is 2.25 bits per heavy atom. The van der Waals surface area contributed by atoms with Gasteiger partial charge in [-0.1, -0.05) is 124 Å². The number of carbonyl (C=O) groups excluding carboxylic acids is 1. The van der Waals surface area contributed by atoms with Gasteiger partial charge in [-0.05, 0) is 127 Å². The summed E-state index contributed by atoms with van der Waals surface area (Å²) >= 11 is 1.87. The summed E-state index contributed by atoms with van der Waals surface area (Å²) in [7, 11) is 4.13. The smallest absolute Gasteiger partial charge is 0.335 e. The average molecular weight is 754 g/mol. The molecule has 6 aromatic carbocycles. The van der Waals surface area contributed by atoms with E-state index in [0.29, 0.717) is 5.56 Å². The van der Waals surface area contributed by atoms with Crippen molar-refractivity contribution in [1.82, 2.24) is 0 Å². The number of carboxylic acids is 1. The molecule has 0 saturated heterocycles. The van der Waals surface area contributed by atoms with Gasteiger partial charge >= 0.3 is 5.97 Å². The molecule has 5 heteroatoms. The lowest BCUT2D eigenvalue weighted by molar-refractivity contribution is 0.0696. The average Bonchev–Trinajstić information content (AvgIpc) is 3.17. The van der Waals surface area contributed by atoms with E-state index in [1.807, 2.05) is 36.0 Å². The van der Waals surface area contributed by atoms with Gasteiger partial charge < -0.3 is 10.0 Å². The Morgan fingerprint density at radius 1 is 0.804 bits per heavy atom. The molecule has 6 aromatic rings. The van der Waals surface area contributed by atoms with Crippen LogP contribution in [0.3, 0.4) is 0 Å². The highest BCUT2D eigenvalue weighted by Crippen LogP contribution is 2.53. The Hall–Kier alpha value is -5.65. The first-order valence-electron chi connectivity index (χ1n) is 19.3. The molecule has 2 aliphatic rings. The maximum Gasteiger partial charge on any atom is 0.335 e. The van der Waals surface area contributed by atoms with Crippen LogP contribution in [0, 0.1) is 5.41 Å². The Kier molecular flexibility index (Phi) is 9.62. The molecular weight excluding hydrogens is 707 g/mol.